The van der Waals surface area contributed by atoms with Gasteiger partial charge in [-0.3, -0.25) is 9.48 Å². The molecule has 1 aromatic rings. The van der Waals surface area contributed by atoms with Gasteiger partial charge in [-0.15, -0.1) is 0 Å². The Morgan fingerprint density at radius 2 is 2.33 bits per heavy atom. The zero-order valence-corrected chi connectivity index (χ0v) is 8.89. The Labute approximate surface area is 89.8 Å². The molecule has 1 rings (SSSR count). The Kier molecular flexibility index (Phi) is 3.28. The van der Waals surface area contributed by atoms with Crippen LogP contribution in [0.1, 0.15) is 17.4 Å². The first kappa shape index (κ1) is 11.9. The first-order valence-corrected chi connectivity index (χ1v) is 4.51. The van der Waals surface area contributed by atoms with Crippen LogP contribution in [0.5, 0.6) is 5.75 Å². The van der Waals surface area contributed by atoms with Crippen LogP contribution >= 0.6 is 11.6 Å². The van der Waals surface area contributed by atoms with Crippen molar-refractivity contribution in [2.24, 2.45) is 0 Å². The van der Waals surface area contributed by atoms with Crippen molar-refractivity contribution in [2.45, 2.75) is 18.9 Å². The molecule has 0 aromatic carbocycles. The molecule has 0 amide bonds. The first-order valence-electron chi connectivity index (χ1n) is 4.13. The van der Waals surface area contributed by atoms with Crippen LogP contribution in [-0.4, -0.2) is 28.1 Å². The van der Waals surface area contributed by atoms with Gasteiger partial charge in [0.25, 0.3) is 5.78 Å². The van der Waals surface area contributed by atoms with Crippen LogP contribution in [0.4, 0.5) is 8.78 Å². The number of halogens is 3. The number of hydrogen-bond acceptors (Lipinski definition) is 3. The minimum Gasteiger partial charge on any atom is -0.493 e. The molecule has 4 nitrogen and oxygen atoms in total. The fourth-order valence-electron chi connectivity index (χ4n) is 1.12. The second-order valence-electron chi connectivity index (χ2n) is 2.70. The van der Waals surface area contributed by atoms with Gasteiger partial charge in [0, 0.05) is 6.54 Å². The van der Waals surface area contributed by atoms with Crippen molar-refractivity contribution >= 4 is 17.4 Å². The van der Waals surface area contributed by atoms with E-state index < -0.39 is 11.2 Å². The molecule has 0 saturated carbocycles. The van der Waals surface area contributed by atoms with E-state index in [0.717, 1.165) is 4.68 Å². The number of carbonyl (C=O) groups is 1. The first-order chi connectivity index (χ1) is 6.91. The summed E-state index contributed by atoms with van der Waals surface area (Å²) in [6.07, 6.45) is 1.19. The zero-order chi connectivity index (χ0) is 11.6. The predicted octanol–water partition coefficient (Wildman–Crippen LogP) is 1.93. The summed E-state index contributed by atoms with van der Waals surface area (Å²) in [4.78, 5) is 11.3. The minimum absolute atomic E-state index is 0.0119. The molecule has 1 aromatic heterocycles. The third kappa shape index (κ3) is 2.26. The lowest BCUT2D eigenvalue weighted by Gasteiger charge is -2.09. The van der Waals surface area contributed by atoms with Crippen LogP contribution in [0.2, 0.25) is 0 Å². The number of ether oxygens (including phenoxy) is 1. The lowest BCUT2D eigenvalue weighted by molar-refractivity contribution is 0.0521. The largest absolute Gasteiger partial charge is 0.493 e. The van der Waals surface area contributed by atoms with E-state index in [9.17, 15) is 13.6 Å². The summed E-state index contributed by atoms with van der Waals surface area (Å²) in [5.41, 5.74) is -0.319. The SMILES string of the molecule is CCn1ncc(OC)c1C(=O)C(F)(F)Cl. The van der Waals surface area contributed by atoms with Crippen molar-refractivity contribution < 1.29 is 18.3 Å². The van der Waals surface area contributed by atoms with Gasteiger partial charge >= 0.3 is 5.38 Å². The predicted molar refractivity (Wildman–Crippen MR) is 49.6 cm³/mol. The molecule has 0 N–H and O–H groups in total. The highest BCUT2D eigenvalue weighted by molar-refractivity contribution is 6.35. The normalized spacial score (nSPS) is 11.5. The van der Waals surface area contributed by atoms with Crippen LogP contribution in [-0.2, 0) is 6.54 Å². The third-order valence-electron chi connectivity index (χ3n) is 1.80. The Bertz CT molecular complexity index is 352. The van der Waals surface area contributed by atoms with Crippen molar-refractivity contribution in [3.63, 3.8) is 0 Å². The molecule has 0 bridgehead atoms. The van der Waals surface area contributed by atoms with Crippen LogP contribution in [0.3, 0.4) is 0 Å². The maximum atomic E-state index is 12.6. The molecule has 0 radical (unpaired) electrons. The fourth-order valence-corrected chi connectivity index (χ4v) is 1.21. The van der Waals surface area contributed by atoms with E-state index >= 15 is 0 Å². The number of aromatic nitrogens is 2. The molecule has 0 spiro atoms. The molecular formula is C8H9ClF2N2O2. The molecule has 0 aliphatic heterocycles. The highest BCUT2D eigenvalue weighted by Crippen LogP contribution is 2.29. The second-order valence-corrected chi connectivity index (χ2v) is 3.18. The third-order valence-corrected chi connectivity index (χ3v) is 1.97. The highest BCUT2D eigenvalue weighted by Gasteiger charge is 2.40. The van der Waals surface area contributed by atoms with Gasteiger partial charge in [-0.2, -0.15) is 13.9 Å². The van der Waals surface area contributed by atoms with E-state index in [0.29, 0.717) is 0 Å². The number of hydrogen-bond donors (Lipinski definition) is 0. The number of alkyl halides is 3. The molecule has 0 fully saturated rings. The van der Waals surface area contributed by atoms with Gasteiger partial charge in [-0.25, -0.2) is 0 Å². The van der Waals surface area contributed by atoms with E-state index in [2.05, 4.69) is 16.7 Å². The molecule has 84 valence electrons. The summed E-state index contributed by atoms with van der Waals surface area (Å²) < 4.78 is 31.1. The summed E-state index contributed by atoms with van der Waals surface area (Å²) in [5.74, 6) is -1.53. The Hall–Kier alpha value is -1.17. The van der Waals surface area contributed by atoms with E-state index in [-0.39, 0.29) is 18.0 Å². The Morgan fingerprint density at radius 3 is 2.73 bits per heavy atom. The lowest BCUT2D eigenvalue weighted by Crippen LogP contribution is -2.25. The van der Waals surface area contributed by atoms with Crippen molar-refractivity contribution in [1.82, 2.24) is 9.78 Å². The van der Waals surface area contributed by atoms with Gasteiger partial charge in [0.2, 0.25) is 0 Å². The number of Topliss-reactive ketones (excluding diaryl/α,β-unsaturated/α-hetero) is 1. The molecule has 0 aliphatic carbocycles. The molecule has 0 atom stereocenters. The van der Waals surface area contributed by atoms with Gasteiger partial charge < -0.3 is 4.74 Å². The van der Waals surface area contributed by atoms with Gasteiger partial charge in [-0.1, -0.05) is 0 Å². The maximum absolute atomic E-state index is 12.6. The molecule has 0 unspecified atom stereocenters. The monoisotopic (exact) mass is 238 g/mol. The number of methoxy groups -OCH3 is 1. The average molecular weight is 239 g/mol. The summed E-state index contributed by atoms with van der Waals surface area (Å²) >= 11 is 4.65. The maximum Gasteiger partial charge on any atom is 0.386 e. The van der Waals surface area contributed by atoms with Crippen LogP contribution < -0.4 is 4.74 Å². The summed E-state index contributed by atoms with van der Waals surface area (Å²) in [6.45, 7) is 1.94. The average Bonchev–Trinajstić information content (AvgIpc) is 2.57. The number of carbonyl (C=O) groups excluding carboxylic acids is 1. The Morgan fingerprint density at radius 1 is 1.73 bits per heavy atom. The highest BCUT2D eigenvalue weighted by atomic mass is 35.5. The van der Waals surface area contributed by atoms with E-state index in [1.165, 1.54) is 13.3 Å². The quantitative estimate of drug-likeness (QED) is 0.595. The van der Waals surface area contributed by atoms with E-state index in [1.807, 2.05) is 0 Å². The van der Waals surface area contributed by atoms with Crippen LogP contribution in [0.25, 0.3) is 0 Å². The van der Waals surface area contributed by atoms with Gasteiger partial charge in [0.05, 0.1) is 13.3 Å². The Balaban J connectivity index is 3.22. The second kappa shape index (κ2) is 4.14. The van der Waals surface area contributed by atoms with E-state index in [1.54, 1.807) is 6.92 Å². The van der Waals surface area contributed by atoms with Crippen LogP contribution in [0, 0.1) is 0 Å². The summed E-state index contributed by atoms with van der Waals surface area (Å²) in [6, 6.07) is 0. The van der Waals surface area contributed by atoms with Gasteiger partial charge in [0.15, 0.2) is 11.4 Å². The number of rotatable bonds is 4. The number of nitrogens with zero attached hydrogens (tertiary/aromatic N) is 2. The van der Waals surface area contributed by atoms with Gasteiger partial charge in [0.1, 0.15) is 0 Å². The van der Waals surface area contributed by atoms with Crippen molar-refractivity contribution in [3.05, 3.63) is 11.9 Å². The molecule has 0 aliphatic rings. The van der Waals surface area contributed by atoms with Crippen LogP contribution in [0.15, 0.2) is 6.20 Å². The molecule has 0 saturated heterocycles. The molecular weight excluding hydrogens is 230 g/mol. The molecule has 15 heavy (non-hydrogen) atoms. The summed E-state index contributed by atoms with van der Waals surface area (Å²) in [7, 11) is 1.26. The topological polar surface area (TPSA) is 44.1 Å². The van der Waals surface area contributed by atoms with E-state index in [4.69, 9.17) is 4.74 Å². The van der Waals surface area contributed by atoms with Gasteiger partial charge in [-0.05, 0) is 18.5 Å². The van der Waals surface area contributed by atoms with Crippen molar-refractivity contribution in [1.29, 1.82) is 0 Å². The van der Waals surface area contributed by atoms with Crippen molar-refractivity contribution in [2.75, 3.05) is 7.11 Å². The standard InChI is InChI=1S/C8H9ClF2N2O2/c1-3-13-6(5(15-2)4-12-13)7(14)8(9,10)11/h4H,3H2,1-2H3. The molecule has 1 heterocycles. The zero-order valence-electron chi connectivity index (χ0n) is 8.13. The van der Waals surface area contributed by atoms with Crippen molar-refractivity contribution in [3.8, 4) is 5.75 Å². The fraction of sp³-hybridized carbons (Fsp3) is 0.500. The summed E-state index contributed by atoms with van der Waals surface area (Å²) in [5, 5.41) is -0.225. The lowest BCUT2D eigenvalue weighted by atomic mass is 10.2. The number of ketones is 1. The number of aryl methyl sites for hydroxylation is 1. The molecule has 7 heteroatoms. The minimum atomic E-state index is -3.94. The smallest absolute Gasteiger partial charge is 0.386 e.